The Morgan fingerprint density at radius 2 is 2.05 bits per heavy atom. The molecule has 0 spiro atoms. The first-order valence-electron chi connectivity index (χ1n) is 6.62. The Balaban J connectivity index is 2.25. The minimum Gasteiger partial charge on any atom is -0.338 e. The molecule has 5 nitrogen and oxygen atoms in total. The second-order valence-corrected chi connectivity index (χ2v) is 8.24. The molecular formula is C13H20N2O3S2. The lowest BCUT2D eigenvalue weighted by molar-refractivity contribution is 0.0627. The summed E-state index contributed by atoms with van der Waals surface area (Å²) in [7, 11) is -3.75. The SMILES string of the molecule is Cc1c(C(=O)N2CCC(C)C(C)C2)csc1S(N)(=O)=O. The molecule has 20 heavy (non-hydrogen) atoms. The molecule has 0 bridgehead atoms. The zero-order chi connectivity index (χ0) is 15.1. The molecule has 1 fully saturated rings. The van der Waals surface area contributed by atoms with Crippen LogP contribution in [0.3, 0.4) is 0 Å². The van der Waals surface area contributed by atoms with E-state index >= 15 is 0 Å². The number of hydrogen-bond donors (Lipinski definition) is 1. The number of rotatable bonds is 2. The number of nitrogens with zero attached hydrogens (tertiary/aromatic N) is 1. The summed E-state index contributed by atoms with van der Waals surface area (Å²) >= 11 is 1.02. The maximum absolute atomic E-state index is 12.5. The number of primary sulfonamides is 1. The zero-order valence-electron chi connectivity index (χ0n) is 11.9. The minimum atomic E-state index is -3.75. The minimum absolute atomic E-state index is 0.0827. The van der Waals surface area contributed by atoms with Crippen LogP contribution >= 0.6 is 11.3 Å². The van der Waals surface area contributed by atoms with E-state index in [4.69, 9.17) is 5.14 Å². The van der Waals surface area contributed by atoms with Crippen LogP contribution < -0.4 is 5.14 Å². The molecule has 2 atom stereocenters. The quantitative estimate of drug-likeness (QED) is 0.903. The van der Waals surface area contributed by atoms with E-state index in [0.29, 0.717) is 23.0 Å². The van der Waals surface area contributed by atoms with E-state index in [9.17, 15) is 13.2 Å². The average Bonchev–Trinajstić information content (AvgIpc) is 2.73. The summed E-state index contributed by atoms with van der Waals surface area (Å²) in [4.78, 5) is 14.3. The van der Waals surface area contributed by atoms with Gasteiger partial charge in [-0.2, -0.15) is 0 Å². The van der Waals surface area contributed by atoms with Crippen LogP contribution in [0.15, 0.2) is 9.59 Å². The predicted molar refractivity (Wildman–Crippen MR) is 79.3 cm³/mol. The van der Waals surface area contributed by atoms with Gasteiger partial charge in [0, 0.05) is 18.5 Å². The first-order valence-corrected chi connectivity index (χ1v) is 9.04. The molecule has 0 aromatic carbocycles. The molecule has 1 aromatic rings. The summed E-state index contributed by atoms with van der Waals surface area (Å²) in [5, 5.41) is 6.74. The van der Waals surface area contributed by atoms with E-state index < -0.39 is 10.0 Å². The Bertz CT molecular complexity index is 622. The Morgan fingerprint density at radius 1 is 1.40 bits per heavy atom. The van der Waals surface area contributed by atoms with Crippen LogP contribution in [-0.4, -0.2) is 32.3 Å². The van der Waals surface area contributed by atoms with Gasteiger partial charge in [0.05, 0.1) is 5.56 Å². The molecule has 7 heteroatoms. The normalized spacial score (nSPS) is 23.9. The average molecular weight is 316 g/mol. The highest BCUT2D eigenvalue weighted by Gasteiger charge is 2.29. The van der Waals surface area contributed by atoms with Crippen LogP contribution in [0.25, 0.3) is 0 Å². The van der Waals surface area contributed by atoms with Crippen LogP contribution in [0.5, 0.6) is 0 Å². The van der Waals surface area contributed by atoms with Gasteiger partial charge in [-0.3, -0.25) is 4.79 Å². The molecule has 1 saturated heterocycles. The second kappa shape index (κ2) is 5.46. The van der Waals surface area contributed by atoms with Crippen molar-refractivity contribution in [2.75, 3.05) is 13.1 Å². The number of piperidine rings is 1. The Morgan fingerprint density at radius 3 is 2.55 bits per heavy atom. The fraction of sp³-hybridized carbons (Fsp3) is 0.615. The summed E-state index contributed by atoms with van der Waals surface area (Å²) in [5.41, 5.74) is 0.926. The lowest BCUT2D eigenvalue weighted by atomic mass is 9.88. The number of likely N-dealkylation sites (tertiary alicyclic amines) is 1. The van der Waals surface area contributed by atoms with Gasteiger partial charge in [-0.25, -0.2) is 13.6 Å². The monoisotopic (exact) mass is 316 g/mol. The molecule has 1 aliphatic heterocycles. The number of carbonyl (C=O) groups is 1. The van der Waals surface area contributed by atoms with Crippen molar-refractivity contribution < 1.29 is 13.2 Å². The summed E-state index contributed by atoms with van der Waals surface area (Å²) in [6, 6.07) is 0. The van der Waals surface area contributed by atoms with Crippen molar-refractivity contribution in [1.29, 1.82) is 0 Å². The molecule has 2 heterocycles. The van der Waals surface area contributed by atoms with Crippen LogP contribution in [-0.2, 0) is 10.0 Å². The number of sulfonamides is 1. The molecule has 0 aliphatic carbocycles. The third-order valence-electron chi connectivity index (χ3n) is 4.10. The van der Waals surface area contributed by atoms with Gasteiger partial charge in [0.25, 0.3) is 5.91 Å². The molecule has 0 saturated carbocycles. The molecule has 2 unspecified atom stereocenters. The highest BCUT2D eigenvalue weighted by molar-refractivity contribution is 7.91. The number of amides is 1. The van der Waals surface area contributed by atoms with Gasteiger partial charge < -0.3 is 4.90 Å². The summed E-state index contributed by atoms with van der Waals surface area (Å²) in [6.07, 6.45) is 0.984. The summed E-state index contributed by atoms with van der Waals surface area (Å²) in [6.45, 7) is 7.42. The van der Waals surface area contributed by atoms with E-state index in [1.165, 1.54) is 0 Å². The lowest BCUT2D eigenvalue weighted by Gasteiger charge is -2.35. The van der Waals surface area contributed by atoms with Gasteiger partial charge in [-0.1, -0.05) is 13.8 Å². The predicted octanol–water partition coefficient (Wildman–Crippen LogP) is 1.82. The molecule has 1 aliphatic rings. The Kier molecular flexibility index (Phi) is 4.22. The number of carbonyl (C=O) groups excluding carboxylic acids is 1. The van der Waals surface area contributed by atoms with Gasteiger partial charge in [0.15, 0.2) is 0 Å². The third kappa shape index (κ3) is 2.89. The van der Waals surface area contributed by atoms with Crippen molar-refractivity contribution >= 4 is 27.3 Å². The number of hydrogen-bond acceptors (Lipinski definition) is 4. The van der Waals surface area contributed by atoms with Crippen LogP contribution in [0, 0.1) is 18.8 Å². The lowest BCUT2D eigenvalue weighted by Crippen LogP contribution is -2.42. The van der Waals surface area contributed by atoms with Gasteiger partial charge in [0.2, 0.25) is 10.0 Å². The molecule has 1 aromatic heterocycles. The highest BCUT2D eigenvalue weighted by Crippen LogP contribution is 2.29. The van der Waals surface area contributed by atoms with E-state index in [-0.39, 0.29) is 10.1 Å². The summed E-state index contributed by atoms with van der Waals surface area (Å²) < 4.78 is 22.9. The van der Waals surface area contributed by atoms with Crippen molar-refractivity contribution in [2.45, 2.75) is 31.4 Å². The van der Waals surface area contributed by atoms with Crippen LogP contribution in [0.2, 0.25) is 0 Å². The topological polar surface area (TPSA) is 80.5 Å². The molecule has 2 N–H and O–H groups in total. The maximum atomic E-state index is 12.5. The second-order valence-electron chi connectivity index (χ2n) is 5.60. The van der Waals surface area contributed by atoms with Crippen LogP contribution in [0.1, 0.15) is 36.2 Å². The largest absolute Gasteiger partial charge is 0.338 e. The first-order chi connectivity index (χ1) is 9.21. The van der Waals surface area contributed by atoms with Crippen molar-refractivity contribution in [2.24, 2.45) is 17.0 Å². The molecule has 2 rings (SSSR count). The zero-order valence-corrected chi connectivity index (χ0v) is 13.6. The van der Waals surface area contributed by atoms with Gasteiger partial charge in [-0.15, -0.1) is 11.3 Å². The molecule has 112 valence electrons. The summed E-state index contributed by atoms with van der Waals surface area (Å²) in [5.74, 6) is 0.986. The molecule has 0 radical (unpaired) electrons. The smallest absolute Gasteiger partial charge is 0.255 e. The third-order valence-corrected chi connectivity index (χ3v) is 6.79. The standard InChI is InChI=1S/C13H20N2O3S2/c1-8-4-5-15(6-9(8)2)12(16)11-7-19-13(10(11)3)20(14,17)18/h7-9H,4-6H2,1-3H3,(H2,14,17,18). The van der Waals surface area contributed by atoms with Crippen molar-refractivity contribution in [3.8, 4) is 0 Å². The van der Waals surface area contributed by atoms with Gasteiger partial charge >= 0.3 is 0 Å². The fourth-order valence-corrected chi connectivity index (χ4v) is 4.51. The van der Waals surface area contributed by atoms with E-state index in [1.54, 1.807) is 12.3 Å². The fourth-order valence-electron chi connectivity index (χ4n) is 2.51. The Labute approximate surface area is 123 Å². The molecule has 1 amide bonds. The van der Waals surface area contributed by atoms with Crippen molar-refractivity contribution in [1.82, 2.24) is 4.90 Å². The number of nitrogens with two attached hydrogens (primary N) is 1. The van der Waals surface area contributed by atoms with Gasteiger partial charge in [-0.05, 0) is 30.7 Å². The van der Waals surface area contributed by atoms with E-state index in [1.807, 2.05) is 4.90 Å². The number of thiophene rings is 1. The highest BCUT2D eigenvalue weighted by atomic mass is 32.2. The maximum Gasteiger partial charge on any atom is 0.255 e. The van der Waals surface area contributed by atoms with Crippen LogP contribution in [0.4, 0.5) is 0 Å². The van der Waals surface area contributed by atoms with E-state index in [2.05, 4.69) is 13.8 Å². The van der Waals surface area contributed by atoms with Crippen molar-refractivity contribution in [3.63, 3.8) is 0 Å². The van der Waals surface area contributed by atoms with E-state index in [0.717, 1.165) is 30.8 Å². The first kappa shape index (κ1) is 15.5. The molecular weight excluding hydrogens is 296 g/mol. The van der Waals surface area contributed by atoms with Crippen molar-refractivity contribution in [3.05, 3.63) is 16.5 Å². The Hall–Kier alpha value is -0.920. The van der Waals surface area contributed by atoms with Gasteiger partial charge in [0.1, 0.15) is 4.21 Å².